The van der Waals surface area contributed by atoms with Crippen LogP contribution >= 0.6 is 11.6 Å². The third-order valence-corrected chi connectivity index (χ3v) is 5.82. The summed E-state index contributed by atoms with van der Waals surface area (Å²) in [5.41, 5.74) is 0.610. The van der Waals surface area contributed by atoms with Gasteiger partial charge in [0.1, 0.15) is 0 Å². The number of sulfonamides is 1. The number of hydrogen-bond donors (Lipinski definition) is 3. The van der Waals surface area contributed by atoms with Crippen LogP contribution in [0.25, 0.3) is 0 Å². The molecule has 2 amide bonds. The molecule has 1 aromatic heterocycles. The SMILES string of the molecule is CC(=O)Nc1cc(S(=O)(=O)Nc2cccc(Cl)c2F)ccc1NC(=O)Cc1cccnc1. The van der Waals surface area contributed by atoms with Crippen molar-refractivity contribution >= 4 is 50.5 Å². The van der Waals surface area contributed by atoms with Crippen molar-refractivity contribution in [1.82, 2.24) is 4.98 Å². The van der Waals surface area contributed by atoms with Crippen molar-refractivity contribution in [1.29, 1.82) is 0 Å². The van der Waals surface area contributed by atoms with Crippen LogP contribution in [0.15, 0.2) is 65.8 Å². The first-order chi connectivity index (χ1) is 15.2. The Morgan fingerprint density at radius 1 is 1.03 bits per heavy atom. The van der Waals surface area contributed by atoms with Crippen LogP contribution in [0.2, 0.25) is 5.02 Å². The van der Waals surface area contributed by atoms with Gasteiger partial charge in [-0.15, -0.1) is 0 Å². The molecule has 2 aromatic carbocycles. The third kappa shape index (κ3) is 5.80. The summed E-state index contributed by atoms with van der Waals surface area (Å²) < 4.78 is 41.7. The Hall–Kier alpha value is -3.50. The lowest BCUT2D eigenvalue weighted by Gasteiger charge is -2.15. The number of halogens is 2. The van der Waals surface area contributed by atoms with Gasteiger partial charge in [-0.1, -0.05) is 23.7 Å². The van der Waals surface area contributed by atoms with Crippen LogP contribution in [0, 0.1) is 5.82 Å². The molecule has 3 aromatic rings. The maximum absolute atomic E-state index is 14.1. The summed E-state index contributed by atoms with van der Waals surface area (Å²) in [7, 11) is -4.23. The van der Waals surface area contributed by atoms with Crippen LogP contribution in [0.1, 0.15) is 12.5 Å². The third-order valence-electron chi connectivity index (χ3n) is 4.17. The van der Waals surface area contributed by atoms with Gasteiger partial charge in [0.05, 0.1) is 33.4 Å². The molecule has 8 nitrogen and oxygen atoms in total. The number of pyridine rings is 1. The number of anilines is 3. The zero-order valence-corrected chi connectivity index (χ0v) is 18.3. The van der Waals surface area contributed by atoms with E-state index in [0.29, 0.717) is 5.56 Å². The maximum atomic E-state index is 14.1. The van der Waals surface area contributed by atoms with Crippen LogP contribution in [-0.2, 0) is 26.0 Å². The lowest BCUT2D eigenvalue weighted by molar-refractivity contribution is -0.116. The number of benzene rings is 2. The minimum absolute atomic E-state index is 0.0308. The van der Waals surface area contributed by atoms with Gasteiger partial charge in [-0.3, -0.25) is 19.3 Å². The van der Waals surface area contributed by atoms with Gasteiger partial charge in [-0.25, -0.2) is 12.8 Å². The molecule has 0 aliphatic carbocycles. The van der Waals surface area contributed by atoms with Gasteiger partial charge in [0, 0.05) is 19.3 Å². The quantitative estimate of drug-likeness (QED) is 0.479. The summed E-state index contributed by atoms with van der Waals surface area (Å²) in [5, 5.41) is 4.88. The van der Waals surface area contributed by atoms with Gasteiger partial charge >= 0.3 is 0 Å². The fraction of sp³-hybridized carbons (Fsp3) is 0.0952. The number of aromatic nitrogens is 1. The average Bonchev–Trinajstić information content (AvgIpc) is 2.73. The van der Waals surface area contributed by atoms with E-state index in [9.17, 15) is 22.4 Å². The zero-order chi connectivity index (χ0) is 23.3. The molecular formula is C21H18ClFN4O4S. The van der Waals surface area contributed by atoms with Crippen molar-refractivity contribution in [2.24, 2.45) is 0 Å². The molecule has 1 heterocycles. The van der Waals surface area contributed by atoms with Crippen LogP contribution in [0.5, 0.6) is 0 Å². The number of carbonyl (C=O) groups excluding carboxylic acids is 2. The Morgan fingerprint density at radius 2 is 1.81 bits per heavy atom. The molecule has 0 saturated heterocycles. The van der Waals surface area contributed by atoms with E-state index in [1.54, 1.807) is 24.5 Å². The maximum Gasteiger partial charge on any atom is 0.262 e. The predicted octanol–water partition coefficient (Wildman–Crippen LogP) is 3.81. The summed E-state index contributed by atoms with van der Waals surface area (Å²) >= 11 is 5.70. The molecule has 0 bridgehead atoms. The Kier molecular flexibility index (Phi) is 7.06. The molecule has 0 spiro atoms. The van der Waals surface area contributed by atoms with Crippen LogP contribution in [0.3, 0.4) is 0 Å². The normalized spacial score (nSPS) is 11.0. The molecule has 0 saturated carbocycles. The van der Waals surface area contributed by atoms with Crippen molar-refractivity contribution in [3.8, 4) is 0 Å². The van der Waals surface area contributed by atoms with Gasteiger partial charge in [-0.05, 0) is 42.0 Å². The minimum Gasteiger partial charge on any atom is -0.324 e. The van der Waals surface area contributed by atoms with Crippen LogP contribution < -0.4 is 15.4 Å². The molecule has 3 rings (SSSR count). The molecular weight excluding hydrogens is 459 g/mol. The Labute approximate surface area is 188 Å². The number of amides is 2. The van der Waals surface area contributed by atoms with E-state index in [1.165, 1.54) is 37.3 Å². The second-order valence-corrected chi connectivity index (χ2v) is 8.77. The lowest BCUT2D eigenvalue weighted by atomic mass is 10.2. The summed E-state index contributed by atoms with van der Waals surface area (Å²) in [6.07, 6.45) is 3.16. The molecule has 0 aliphatic rings. The molecule has 0 unspecified atom stereocenters. The second-order valence-electron chi connectivity index (χ2n) is 6.68. The minimum atomic E-state index is -4.23. The first kappa shape index (κ1) is 23.2. The van der Waals surface area contributed by atoms with E-state index in [4.69, 9.17) is 11.6 Å². The Balaban J connectivity index is 1.87. The second kappa shape index (κ2) is 9.75. The van der Waals surface area contributed by atoms with E-state index in [1.807, 2.05) is 0 Å². The summed E-state index contributed by atoms with van der Waals surface area (Å²) in [4.78, 5) is 27.7. The first-order valence-corrected chi connectivity index (χ1v) is 11.1. The smallest absolute Gasteiger partial charge is 0.262 e. The van der Waals surface area contributed by atoms with Crippen LogP contribution in [0.4, 0.5) is 21.5 Å². The number of carbonyl (C=O) groups is 2. The first-order valence-electron chi connectivity index (χ1n) is 9.23. The van der Waals surface area contributed by atoms with Crippen molar-refractivity contribution in [2.75, 3.05) is 15.4 Å². The summed E-state index contributed by atoms with van der Waals surface area (Å²) in [6.45, 7) is 1.24. The van der Waals surface area contributed by atoms with Gasteiger partial charge in [0.2, 0.25) is 11.8 Å². The highest BCUT2D eigenvalue weighted by atomic mass is 35.5. The highest BCUT2D eigenvalue weighted by Crippen LogP contribution is 2.29. The van der Waals surface area contributed by atoms with E-state index in [-0.39, 0.29) is 39.3 Å². The van der Waals surface area contributed by atoms with E-state index in [0.717, 1.165) is 6.07 Å². The zero-order valence-electron chi connectivity index (χ0n) is 16.7. The Bertz CT molecular complexity index is 1270. The molecule has 0 atom stereocenters. The van der Waals surface area contributed by atoms with E-state index >= 15 is 0 Å². The highest BCUT2D eigenvalue weighted by Gasteiger charge is 2.20. The molecule has 166 valence electrons. The van der Waals surface area contributed by atoms with Crippen molar-refractivity contribution in [3.63, 3.8) is 0 Å². The fourth-order valence-corrected chi connectivity index (χ4v) is 4.02. The molecule has 0 radical (unpaired) electrons. The number of hydrogen-bond acceptors (Lipinski definition) is 5. The Morgan fingerprint density at radius 3 is 2.50 bits per heavy atom. The predicted molar refractivity (Wildman–Crippen MR) is 120 cm³/mol. The molecule has 11 heteroatoms. The van der Waals surface area contributed by atoms with Gasteiger partial charge in [0.15, 0.2) is 5.82 Å². The van der Waals surface area contributed by atoms with Gasteiger partial charge in [-0.2, -0.15) is 0 Å². The topological polar surface area (TPSA) is 117 Å². The van der Waals surface area contributed by atoms with Gasteiger partial charge < -0.3 is 10.6 Å². The molecule has 0 fully saturated rings. The number of nitrogens with one attached hydrogen (secondary N) is 3. The van der Waals surface area contributed by atoms with Crippen molar-refractivity contribution in [3.05, 3.63) is 77.3 Å². The van der Waals surface area contributed by atoms with Crippen LogP contribution in [-0.4, -0.2) is 25.2 Å². The van der Waals surface area contributed by atoms with Crippen molar-refractivity contribution in [2.45, 2.75) is 18.2 Å². The highest BCUT2D eigenvalue weighted by molar-refractivity contribution is 7.92. The number of nitrogens with zero attached hydrogens (tertiary/aromatic N) is 1. The molecule has 3 N–H and O–H groups in total. The van der Waals surface area contributed by atoms with E-state index in [2.05, 4.69) is 20.3 Å². The van der Waals surface area contributed by atoms with Gasteiger partial charge in [0.25, 0.3) is 10.0 Å². The lowest BCUT2D eigenvalue weighted by Crippen LogP contribution is -2.18. The standard InChI is InChI=1S/C21H18ClFN4O4S/c1-13(28)25-19-11-15(32(30,31)27-18-6-2-5-16(22)21(18)23)7-8-17(19)26-20(29)10-14-4-3-9-24-12-14/h2-9,11-12,27H,10H2,1H3,(H,25,28)(H,26,29). The monoisotopic (exact) mass is 476 g/mol. The van der Waals surface area contributed by atoms with E-state index < -0.39 is 21.7 Å². The summed E-state index contributed by atoms with van der Waals surface area (Å²) in [6, 6.07) is 11.0. The average molecular weight is 477 g/mol. The fourth-order valence-electron chi connectivity index (χ4n) is 2.76. The molecule has 0 aliphatic heterocycles. The van der Waals surface area contributed by atoms with Crippen molar-refractivity contribution < 1.29 is 22.4 Å². The largest absolute Gasteiger partial charge is 0.324 e. The molecule has 32 heavy (non-hydrogen) atoms. The number of rotatable bonds is 7. The summed E-state index contributed by atoms with van der Waals surface area (Å²) in [5.74, 6) is -1.78.